The fourth-order valence-corrected chi connectivity index (χ4v) is 1.30. The first-order chi connectivity index (χ1) is 8.27. The highest BCUT2D eigenvalue weighted by atomic mass is 16.5. The SMILES string of the molecule is CNc1cnn(CCCOCCOC)c(=O)c1. The summed E-state index contributed by atoms with van der Waals surface area (Å²) in [5.41, 5.74) is 0.622. The van der Waals surface area contributed by atoms with Crippen molar-refractivity contribution in [1.29, 1.82) is 0 Å². The maximum absolute atomic E-state index is 11.6. The van der Waals surface area contributed by atoms with Crippen LogP contribution >= 0.6 is 0 Å². The standard InChI is InChI=1S/C11H19N3O3/c1-12-10-8-11(15)14(13-9-10)4-3-5-17-7-6-16-2/h8-9,12H,3-7H2,1-2H3. The van der Waals surface area contributed by atoms with E-state index in [4.69, 9.17) is 9.47 Å². The molecule has 96 valence electrons. The van der Waals surface area contributed by atoms with Gasteiger partial charge in [0.25, 0.3) is 5.56 Å². The number of rotatable bonds is 8. The average molecular weight is 241 g/mol. The highest BCUT2D eigenvalue weighted by molar-refractivity contribution is 5.37. The van der Waals surface area contributed by atoms with E-state index in [0.717, 1.165) is 12.1 Å². The zero-order valence-corrected chi connectivity index (χ0v) is 10.3. The Hall–Kier alpha value is -1.40. The summed E-state index contributed by atoms with van der Waals surface area (Å²) in [6, 6.07) is 1.53. The number of nitrogens with zero attached hydrogens (tertiary/aromatic N) is 2. The van der Waals surface area contributed by atoms with Crippen LogP contribution in [-0.4, -0.2) is 43.8 Å². The van der Waals surface area contributed by atoms with Gasteiger partial charge < -0.3 is 14.8 Å². The summed E-state index contributed by atoms with van der Waals surface area (Å²) >= 11 is 0. The zero-order chi connectivity index (χ0) is 12.5. The molecule has 6 nitrogen and oxygen atoms in total. The largest absolute Gasteiger partial charge is 0.387 e. The number of aryl methyl sites for hydroxylation is 1. The van der Waals surface area contributed by atoms with Gasteiger partial charge in [0, 0.05) is 33.4 Å². The molecule has 1 heterocycles. The van der Waals surface area contributed by atoms with Gasteiger partial charge in [-0.1, -0.05) is 0 Å². The predicted octanol–water partition coefficient (Wildman–Crippen LogP) is 0.338. The quantitative estimate of drug-likeness (QED) is 0.665. The van der Waals surface area contributed by atoms with Crippen LogP contribution < -0.4 is 10.9 Å². The van der Waals surface area contributed by atoms with Gasteiger partial charge in [-0.15, -0.1) is 0 Å². The monoisotopic (exact) mass is 241 g/mol. The minimum atomic E-state index is -0.103. The zero-order valence-electron chi connectivity index (χ0n) is 10.3. The molecule has 1 rings (SSSR count). The molecule has 1 N–H and O–H groups in total. The Kier molecular flexibility index (Phi) is 6.27. The van der Waals surface area contributed by atoms with Gasteiger partial charge in [-0.3, -0.25) is 4.79 Å². The van der Waals surface area contributed by atoms with Gasteiger partial charge in [-0.2, -0.15) is 5.10 Å². The molecule has 0 bridgehead atoms. The molecule has 0 spiro atoms. The molecular formula is C11H19N3O3. The van der Waals surface area contributed by atoms with E-state index < -0.39 is 0 Å². The van der Waals surface area contributed by atoms with Crippen LogP contribution in [0.4, 0.5) is 5.69 Å². The number of ether oxygens (including phenoxy) is 2. The summed E-state index contributed by atoms with van der Waals surface area (Å²) in [7, 11) is 3.39. The van der Waals surface area contributed by atoms with Crippen molar-refractivity contribution in [3.63, 3.8) is 0 Å². The van der Waals surface area contributed by atoms with Gasteiger partial charge in [-0.25, -0.2) is 4.68 Å². The van der Waals surface area contributed by atoms with Gasteiger partial charge >= 0.3 is 0 Å². The van der Waals surface area contributed by atoms with Crippen molar-refractivity contribution in [3.8, 4) is 0 Å². The van der Waals surface area contributed by atoms with Crippen molar-refractivity contribution >= 4 is 5.69 Å². The highest BCUT2D eigenvalue weighted by Gasteiger charge is 1.98. The summed E-state index contributed by atoms with van der Waals surface area (Å²) in [6.45, 7) is 2.34. The summed E-state index contributed by atoms with van der Waals surface area (Å²) in [4.78, 5) is 11.6. The van der Waals surface area contributed by atoms with Gasteiger partial charge in [0.1, 0.15) is 0 Å². The minimum Gasteiger partial charge on any atom is -0.387 e. The average Bonchev–Trinajstić information content (AvgIpc) is 2.35. The van der Waals surface area contributed by atoms with Gasteiger partial charge in [0.05, 0.1) is 25.1 Å². The number of nitrogens with one attached hydrogen (secondary N) is 1. The predicted molar refractivity (Wildman–Crippen MR) is 65.4 cm³/mol. The highest BCUT2D eigenvalue weighted by Crippen LogP contribution is 1.97. The Bertz CT molecular complexity index is 378. The van der Waals surface area contributed by atoms with Crippen LogP contribution in [0.1, 0.15) is 6.42 Å². The lowest BCUT2D eigenvalue weighted by atomic mass is 10.4. The lowest BCUT2D eigenvalue weighted by molar-refractivity contribution is 0.0675. The van der Waals surface area contributed by atoms with Crippen molar-refractivity contribution in [1.82, 2.24) is 9.78 Å². The maximum atomic E-state index is 11.6. The molecule has 0 radical (unpaired) electrons. The van der Waals surface area contributed by atoms with Crippen LogP contribution in [0, 0.1) is 0 Å². The molecule has 0 unspecified atom stereocenters. The summed E-state index contributed by atoms with van der Waals surface area (Å²) in [6.07, 6.45) is 2.39. The molecule has 6 heteroatoms. The van der Waals surface area contributed by atoms with Crippen molar-refractivity contribution in [2.75, 3.05) is 39.3 Å². The first kappa shape index (κ1) is 13.7. The first-order valence-electron chi connectivity index (χ1n) is 5.59. The van der Waals surface area contributed by atoms with Crippen molar-refractivity contribution in [3.05, 3.63) is 22.6 Å². The Morgan fingerprint density at radius 1 is 1.41 bits per heavy atom. The van der Waals surface area contributed by atoms with Crippen LogP contribution in [0.2, 0.25) is 0 Å². The molecule has 17 heavy (non-hydrogen) atoms. The lowest BCUT2D eigenvalue weighted by Crippen LogP contribution is -2.23. The maximum Gasteiger partial charge on any atom is 0.268 e. The third-order valence-corrected chi connectivity index (χ3v) is 2.25. The van der Waals surface area contributed by atoms with Gasteiger partial charge in [0.2, 0.25) is 0 Å². The molecule has 0 atom stereocenters. The summed E-state index contributed by atoms with van der Waals surface area (Å²) < 4.78 is 11.6. The molecule has 0 aliphatic heterocycles. The van der Waals surface area contributed by atoms with Gasteiger partial charge in [0.15, 0.2) is 0 Å². The van der Waals surface area contributed by atoms with Crippen LogP contribution in [0.15, 0.2) is 17.1 Å². The molecule has 1 aromatic rings. The van der Waals surface area contributed by atoms with E-state index in [9.17, 15) is 4.79 Å². The molecule has 0 amide bonds. The second-order valence-corrected chi connectivity index (χ2v) is 3.51. The molecule has 0 aromatic carbocycles. The Morgan fingerprint density at radius 2 is 2.24 bits per heavy atom. The number of anilines is 1. The minimum absolute atomic E-state index is 0.103. The second-order valence-electron chi connectivity index (χ2n) is 3.51. The first-order valence-corrected chi connectivity index (χ1v) is 5.59. The van der Waals surface area contributed by atoms with Crippen molar-refractivity contribution in [2.45, 2.75) is 13.0 Å². The van der Waals surface area contributed by atoms with E-state index in [-0.39, 0.29) is 5.56 Å². The summed E-state index contributed by atoms with van der Waals surface area (Å²) in [5.74, 6) is 0. The Balaban J connectivity index is 2.29. The number of aromatic nitrogens is 2. The smallest absolute Gasteiger partial charge is 0.268 e. The van der Waals surface area contributed by atoms with Crippen LogP contribution in [-0.2, 0) is 16.0 Å². The number of methoxy groups -OCH3 is 1. The molecule has 1 aromatic heterocycles. The van der Waals surface area contributed by atoms with Crippen LogP contribution in [0.25, 0.3) is 0 Å². The fraction of sp³-hybridized carbons (Fsp3) is 0.636. The third-order valence-electron chi connectivity index (χ3n) is 2.25. The summed E-state index contributed by atoms with van der Waals surface area (Å²) in [5, 5.41) is 6.92. The lowest BCUT2D eigenvalue weighted by Gasteiger charge is -2.06. The van der Waals surface area contributed by atoms with E-state index in [0.29, 0.717) is 26.4 Å². The second kappa shape index (κ2) is 7.81. The number of hydrogen-bond acceptors (Lipinski definition) is 5. The molecule has 0 aliphatic rings. The molecule has 0 saturated heterocycles. The van der Waals surface area contributed by atoms with Gasteiger partial charge in [-0.05, 0) is 6.42 Å². The molecule has 0 saturated carbocycles. The van der Waals surface area contributed by atoms with E-state index in [1.807, 2.05) is 0 Å². The van der Waals surface area contributed by atoms with E-state index in [2.05, 4.69) is 10.4 Å². The van der Waals surface area contributed by atoms with Crippen LogP contribution in [0.3, 0.4) is 0 Å². The van der Waals surface area contributed by atoms with E-state index in [1.165, 1.54) is 10.7 Å². The normalized spacial score (nSPS) is 10.5. The fourth-order valence-electron chi connectivity index (χ4n) is 1.30. The third kappa shape index (κ3) is 4.97. The Labute approximate surface area is 101 Å². The Morgan fingerprint density at radius 3 is 2.88 bits per heavy atom. The van der Waals surface area contributed by atoms with E-state index >= 15 is 0 Å². The molecule has 0 fully saturated rings. The van der Waals surface area contributed by atoms with Crippen LogP contribution in [0.5, 0.6) is 0 Å². The number of hydrogen-bond donors (Lipinski definition) is 1. The molecular weight excluding hydrogens is 222 g/mol. The van der Waals surface area contributed by atoms with Crippen molar-refractivity contribution < 1.29 is 9.47 Å². The van der Waals surface area contributed by atoms with E-state index in [1.54, 1.807) is 20.4 Å². The van der Waals surface area contributed by atoms with Crippen molar-refractivity contribution in [2.24, 2.45) is 0 Å². The topological polar surface area (TPSA) is 65.4 Å². The molecule has 0 aliphatic carbocycles.